The van der Waals surface area contributed by atoms with Crippen molar-refractivity contribution in [2.45, 2.75) is 20.4 Å². The molecule has 0 atom stereocenters. The second-order valence-corrected chi connectivity index (χ2v) is 6.97. The standard InChI is InChI=1S/C19H18ClN7O2/c1-10-17(11(2)27(3)25-10)14-8-15(24-23-14)19(28)21-9-16-22-18(26-29-16)12-4-6-13(20)7-5-12/h4-8H,9H2,1-3H3,(H,21,28)(H,23,24). The number of carbonyl (C=O) groups is 1. The van der Waals surface area contributed by atoms with Crippen LogP contribution in [-0.4, -0.2) is 36.0 Å². The molecule has 1 aromatic carbocycles. The van der Waals surface area contributed by atoms with Crippen LogP contribution in [0.25, 0.3) is 22.6 Å². The number of H-pyrrole nitrogens is 1. The van der Waals surface area contributed by atoms with Crippen LogP contribution in [0.5, 0.6) is 0 Å². The van der Waals surface area contributed by atoms with Gasteiger partial charge in [0.2, 0.25) is 11.7 Å². The summed E-state index contributed by atoms with van der Waals surface area (Å²) in [4.78, 5) is 16.7. The van der Waals surface area contributed by atoms with E-state index in [1.54, 1.807) is 35.0 Å². The number of nitrogens with zero attached hydrogens (tertiary/aromatic N) is 5. The van der Waals surface area contributed by atoms with Gasteiger partial charge in [0.05, 0.1) is 17.9 Å². The molecule has 0 aliphatic rings. The van der Waals surface area contributed by atoms with E-state index in [-0.39, 0.29) is 12.5 Å². The molecule has 0 radical (unpaired) electrons. The van der Waals surface area contributed by atoms with Gasteiger partial charge in [-0.2, -0.15) is 15.2 Å². The molecule has 3 heterocycles. The van der Waals surface area contributed by atoms with Crippen molar-refractivity contribution in [3.63, 3.8) is 0 Å². The van der Waals surface area contributed by atoms with E-state index in [4.69, 9.17) is 16.1 Å². The first-order valence-electron chi connectivity index (χ1n) is 8.85. The van der Waals surface area contributed by atoms with E-state index in [9.17, 15) is 4.79 Å². The number of halogens is 1. The second-order valence-electron chi connectivity index (χ2n) is 6.54. The second kappa shape index (κ2) is 7.51. The first-order valence-corrected chi connectivity index (χ1v) is 9.23. The topological polar surface area (TPSA) is 115 Å². The average Bonchev–Trinajstić information content (AvgIpc) is 3.41. The number of benzene rings is 1. The number of aromatic amines is 1. The lowest BCUT2D eigenvalue weighted by Crippen LogP contribution is -2.23. The minimum Gasteiger partial charge on any atom is -0.342 e. The third-order valence-electron chi connectivity index (χ3n) is 4.56. The molecule has 0 fully saturated rings. The Bertz CT molecular complexity index is 1170. The van der Waals surface area contributed by atoms with E-state index in [2.05, 4.69) is 30.8 Å². The highest BCUT2D eigenvalue weighted by molar-refractivity contribution is 6.30. The third kappa shape index (κ3) is 3.77. The van der Waals surface area contributed by atoms with Crippen molar-refractivity contribution in [2.24, 2.45) is 7.05 Å². The summed E-state index contributed by atoms with van der Waals surface area (Å²) >= 11 is 5.88. The minimum atomic E-state index is -0.325. The van der Waals surface area contributed by atoms with Gasteiger partial charge < -0.3 is 9.84 Å². The maximum absolute atomic E-state index is 12.4. The molecule has 1 amide bonds. The lowest BCUT2D eigenvalue weighted by atomic mass is 10.1. The third-order valence-corrected chi connectivity index (χ3v) is 4.81. The summed E-state index contributed by atoms with van der Waals surface area (Å²) in [5, 5.41) is 18.7. The van der Waals surface area contributed by atoms with Crippen LogP contribution in [0.1, 0.15) is 27.8 Å². The zero-order valence-electron chi connectivity index (χ0n) is 16.0. The molecule has 10 heteroatoms. The normalized spacial score (nSPS) is 11.0. The van der Waals surface area contributed by atoms with Crippen LogP contribution in [0.2, 0.25) is 5.02 Å². The largest absolute Gasteiger partial charge is 0.342 e. The maximum Gasteiger partial charge on any atom is 0.269 e. The van der Waals surface area contributed by atoms with Crippen LogP contribution < -0.4 is 5.32 Å². The van der Waals surface area contributed by atoms with Gasteiger partial charge in [0.15, 0.2) is 0 Å². The molecule has 0 aliphatic heterocycles. The minimum absolute atomic E-state index is 0.0960. The SMILES string of the molecule is Cc1nn(C)c(C)c1-c1cc(C(=O)NCc2nc(-c3ccc(Cl)cc3)no2)[nH]n1. The number of hydrogen-bond donors (Lipinski definition) is 2. The average molecular weight is 412 g/mol. The van der Waals surface area contributed by atoms with Crippen molar-refractivity contribution in [1.82, 2.24) is 35.4 Å². The molecule has 0 saturated heterocycles. The van der Waals surface area contributed by atoms with Crippen LogP contribution in [0, 0.1) is 13.8 Å². The van der Waals surface area contributed by atoms with E-state index < -0.39 is 0 Å². The smallest absolute Gasteiger partial charge is 0.269 e. The van der Waals surface area contributed by atoms with Gasteiger partial charge in [-0.25, -0.2) is 0 Å². The fraction of sp³-hybridized carbons (Fsp3) is 0.211. The molecule has 0 bridgehead atoms. The van der Waals surface area contributed by atoms with E-state index in [1.165, 1.54) is 0 Å². The molecule has 0 saturated carbocycles. The highest BCUT2D eigenvalue weighted by Gasteiger charge is 2.18. The van der Waals surface area contributed by atoms with Gasteiger partial charge in [0.1, 0.15) is 5.69 Å². The highest BCUT2D eigenvalue weighted by Crippen LogP contribution is 2.25. The monoisotopic (exact) mass is 411 g/mol. The maximum atomic E-state index is 12.4. The Hall–Kier alpha value is -3.46. The van der Waals surface area contributed by atoms with Gasteiger partial charge in [0.25, 0.3) is 5.91 Å². The van der Waals surface area contributed by atoms with Gasteiger partial charge in [-0.3, -0.25) is 14.6 Å². The van der Waals surface area contributed by atoms with E-state index in [0.29, 0.717) is 28.1 Å². The number of aryl methyl sites for hydroxylation is 2. The molecular formula is C19H18ClN7O2. The van der Waals surface area contributed by atoms with Crippen molar-refractivity contribution < 1.29 is 9.32 Å². The summed E-state index contributed by atoms with van der Waals surface area (Å²) in [5.74, 6) is 0.397. The zero-order chi connectivity index (χ0) is 20.5. The molecule has 0 aliphatic carbocycles. The van der Waals surface area contributed by atoms with E-state index in [0.717, 1.165) is 22.5 Å². The molecule has 4 aromatic rings. The number of nitrogens with one attached hydrogen (secondary N) is 2. The number of hydrogen-bond acceptors (Lipinski definition) is 6. The lowest BCUT2D eigenvalue weighted by Gasteiger charge is -1.99. The summed E-state index contributed by atoms with van der Waals surface area (Å²) in [6.45, 7) is 3.96. The predicted molar refractivity (Wildman–Crippen MR) is 106 cm³/mol. The molecule has 4 rings (SSSR count). The summed E-state index contributed by atoms with van der Waals surface area (Å²) in [6.07, 6.45) is 0. The number of rotatable bonds is 5. The molecule has 9 nitrogen and oxygen atoms in total. The Morgan fingerprint density at radius 3 is 2.72 bits per heavy atom. The molecule has 2 N–H and O–H groups in total. The van der Waals surface area contributed by atoms with Gasteiger partial charge >= 0.3 is 0 Å². The Kier molecular flexibility index (Phi) is 4.89. The van der Waals surface area contributed by atoms with Crippen molar-refractivity contribution in [1.29, 1.82) is 0 Å². The van der Waals surface area contributed by atoms with Gasteiger partial charge in [-0.15, -0.1) is 0 Å². The quantitative estimate of drug-likeness (QED) is 0.521. The number of aromatic nitrogens is 6. The Morgan fingerprint density at radius 1 is 1.28 bits per heavy atom. The Labute approximate surface area is 171 Å². The van der Waals surface area contributed by atoms with E-state index in [1.807, 2.05) is 20.9 Å². The first-order chi connectivity index (χ1) is 13.9. The number of amides is 1. The highest BCUT2D eigenvalue weighted by atomic mass is 35.5. The first kappa shape index (κ1) is 18.9. The van der Waals surface area contributed by atoms with Gasteiger partial charge in [-0.1, -0.05) is 16.8 Å². The Morgan fingerprint density at radius 2 is 2.03 bits per heavy atom. The van der Waals surface area contributed by atoms with Crippen LogP contribution in [-0.2, 0) is 13.6 Å². The lowest BCUT2D eigenvalue weighted by molar-refractivity contribution is 0.0941. The summed E-state index contributed by atoms with van der Waals surface area (Å²) in [7, 11) is 1.87. The Balaban J connectivity index is 1.43. The summed E-state index contributed by atoms with van der Waals surface area (Å²) in [5.41, 5.74) is 4.51. The van der Waals surface area contributed by atoms with Crippen LogP contribution in [0.4, 0.5) is 0 Å². The molecule has 3 aromatic heterocycles. The predicted octanol–water partition coefficient (Wildman–Crippen LogP) is 3.06. The zero-order valence-corrected chi connectivity index (χ0v) is 16.8. The summed E-state index contributed by atoms with van der Waals surface area (Å²) in [6, 6.07) is 8.78. The van der Waals surface area contributed by atoms with Crippen molar-refractivity contribution >= 4 is 17.5 Å². The summed E-state index contributed by atoms with van der Waals surface area (Å²) < 4.78 is 6.98. The van der Waals surface area contributed by atoms with Gasteiger partial charge in [0, 0.05) is 28.9 Å². The van der Waals surface area contributed by atoms with Crippen molar-refractivity contribution in [3.8, 4) is 22.6 Å². The molecule has 0 spiro atoms. The van der Waals surface area contributed by atoms with Crippen molar-refractivity contribution in [2.75, 3.05) is 0 Å². The molecular weight excluding hydrogens is 394 g/mol. The van der Waals surface area contributed by atoms with E-state index >= 15 is 0 Å². The fourth-order valence-corrected chi connectivity index (χ4v) is 3.13. The molecule has 148 valence electrons. The van der Waals surface area contributed by atoms with Crippen LogP contribution in [0.15, 0.2) is 34.9 Å². The van der Waals surface area contributed by atoms with Crippen LogP contribution >= 0.6 is 11.6 Å². The van der Waals surface area contributed by atoms with Crippen LogP contribution in [0.3, 0.4) is 0 Å². The fourth-order valence-electron chi connectivity index (χ4n) is 3.00. The molecule has 29 heavy (non-hydrogen) atoms. The van der Waals surface area contributed by atoms with Gasteiger partial charge in [-0.05, 0) is 44.2 Å². The van der Waals surface area contributed by atoms with Crippen molar-refractivity contribution in [3.05, 3.63) is 58.3 Å². The number of carbonyl (C=O) groups excluding carboxylic acids is 1. The molecule has 0 unspecified atom stereocenters.